The van der Waals surface area contributed by atoms with Crippen molar-refractivity contribution in [1.82, 2.24) is 50.6 Å². The lowest BCUT2D eigenvalue weighted by atomic mass is 10.1. The van der Waals surface area contributed by atoms with Crippen LogP contribution in [0.5, 0.6) is 0 Å². The Morgan fingerprint density at radius 3 is 2.85 bits per heavy atom. The van der Waals surface area contributed by atoms with Gasteiger partial charge >= 0.3 is 0 Å². The highest BCUT2D eigenvalue weighted by Crippen LogP contribution is 2.39. The Bertz CT molecular complexity index is 1080. The number of piperidine rings is 1. The number of hydrogen-bond acceptors (Lipinski definition) is 10. The molecule has 0 aromatic carbocycles. The van der Waals surface area contributed by atoms with E-state index in [1.165, 1.54) is 30.3 Å². The fourth-order valence-electron chi connectivity index (χ4n) is 3.89. The average Bonchev–Trinajstić information content (AvgIpc) is 3.40. The highest BCUT2D eigenvalue weighted by molar-refractivity contribution is 5.86. The van der Waals surface area contributed by atoms with Crippen molar-refractivity contribution in [1.29, 1.82) is 0 Å². The first-order valence-corrected chi connectivity index (χ1v) is 11.3. The van der Waals surface area contributed by atoms with Gasteiger partial charge in [0.25, 0.3) is 5.95 Å². The van der Waals surface area contributed by atoms with Crippen molar-refractivity contribution in [2.24, 2.45) is 0 Å². The number of aromatic amines is 1. The number of rotatable bonds is 9. The van der Waals surface area contributed by atoms with Crippen LogP contribution in [0.3, 0.4) is 0 Å². The van der Waals surface area contributed by atoms with E-state index in [4.69, 9.17) is 0 Å². The van der Waals surface area contributed by atoms with Gasteiger partial charge in [-0.15, -0.1) is 9.90 Å². The molecule has 33 heavy (non-hydrogen) atoms. The Balaban J connectivity index is 1.06. The molecule has 3 aromatic heterocycles. The zero-order valence-electron chi connectivity index (χ0n) is 18.5. The van der Waals surface area contributed by atoms with E-state index in [1.807, 2.05) is 6.07 Å². The molecule has 0 radical (unpaired) electrons. The second-order valence-corrected chi connectivity index (χ2v) is 8.55. The third kappa shape index (κ3) is 5.87. The maximum Gasteiger partial charge on any atom is 0.270 e. The molecule has 2 fully saturated rings. The van der Waals surface area contributed by atoms with Crippen LogP contribution in [-0.2, 0) is 18.0 Å². The van der Waals surface area contributed by atoms with Gasteiger partial charge in [0.2, 0.25) is 5.91 Å². The molecule has 174 valence electrons. The van der Waals surface area contributed by atoms with Crippen LogP contribution < -0.4 is 16.0 Å². The summed E-state index contributed by atoms with van der Waals surface area (Å²) in [6.07, 6.45) is 6.25. The van der Waals surface area contributed by atoms with Crippen LogP contribution in [0, 0.1) is 0 Å². The standard InChI is InChI=1S/C20H28N12O/c1-13(33)23-20-28-30-32(29-20)12-31-8-5-15(6-9-31)22-11-19-21-7-4-17(25-19)24-18-10-16(26-27-18)14-2-3-14/h4,7,10,14-15,22H,2-3,5-6,8-9,11-12H2,1H3,(H,23,29,33)(H2,21,24,25,26,27). The summed E-state index contributed by atoms with van der Waals surface area (Å²) in [6.45, 7) is 4.41. The normalized spacial score (nSPS) is 17.2. The molecule has 1 saturated carbocycles. The largest absolute Gasteiger partial charge is 0.323 e. The second-order valence-electron chi connectivity index (χ2n) is 8.55. The van der Waals surface area contributed by atoms with Crippen molar-refractivity contribution in [3.8, 4) is 0 Å². The Morgan fingerprint density at radius 1 is 1.21 bits per heavy atom. The summed E-state index contributed by atoms with van der Waals surface area (Å²) in [5, 5.41) is 28.8. The molecule has 5 rings (SSSR count). The Morgan fingerprint density at radius 2 is 2.06 bits per heavy atom. The van der Waals surface area contributed by atoms with Crippen LogP contribution in [-0.4, -0.2) is 70.3 Å². The van der Waals surface area contributed by atoms with Crippen molar-refractivity contribution >= 4 is 23.5 Å². The number of carbonyl (C=O) groups excluding carboxylic acids is 1. The number of carbonyl (C=O) groups is 1. The van der Waals surface area contributed by atoms with Gasteiger partial charge in [0.1, 0.15) is 18.3 Å². The van der Waals surface area contributed by atoms with Crippen LogP contribution in [0.2, 0.25) is 0 Å². The van der Waals surface area contributed by atoms with Crippen molar-refractivity contribution in [3.05, 3.63) is 29.8 Å². The van der Waals surface area contributed by atoms with Gasteiger partial charge in [-0.1, -0.05) is 5.10 Å². The van der Waals surface area contributed by atoms with Crippen molar-refractivity contribution in [3.63, 3.8) is 0 Å². The third-order valence-corrected chi connectivity index (χ3v) is 5.78. The first-order valence-electron chi connectivity index (χ1n) is 11.3. The quantitative estimate of drug-likeness (QED) is 0.369. The molecule has 13 nitrogen and oxygen atoms in total. The second kappa shape index (κ2) is 9.58. The molecule has 1 amide bonds. The summed E-state index contributed by atoms with van der Waals surface area (Å²) in [5.74, 6) is 2.93. The third-order valence-electron chi connectivity index (χ3n) is 5.78. The van der Waals surface area contributed by atoms with Gasteiger partial charge in [-0.2, -0.15) is 5.10 Å². The number of tetrazole rings is 1. The number of anilines is 3. The number of aromatic nitrogens is 8. The fourth-order valence-corrected chi connectivity index (χ4v) is 3.89. The highest BCUT2D eigenvalue weighted by Gasteiger charge is 2.25. The molecule has 1 saturated heterocycles. The Labute approximate surface area is 190 Å². The topological polar surface area (TPSA) is 154 Å². The maximum absolute atomic E-state index is 11.1. The summed E-state index contributed by atoms with van der Waals surface area (Å²) in [4.78, 5) is 23.8. The zero-order valence-corrected chi connectivity index (χ0v) is 18.5. The van der Waals surface area contributed by atoms with E-state index in [1.54, 1.807) is 6.20 Å². The lowest BCUT2D eigenvalue weighted by Crippen LogP contribution is -2.43. The van der Waals surface area contributed by atoms with Crippen LogP contribution in [0.4, 0.5) is 17.6 Å². The smallest absolute Gasteiger partial charge is 0.270 e. The molecule has 0 atom stereocenters. The summed E-state index contributed by atoms with van der Waals surface area (Å²) in [6, 6.07) is 4.30. The van der Waals surface area contributed by atoms with Gasteiger partial charge in [-0.05, 0) is 37.0 Å². The molecule has 1 aliphatic carbocycles. The minimum atomic E-state index is -0.212. The predicted molar refractivity (Wildman–Crippen MR) is 119 cm³/mol. The summed E-state index contributed by atoms with van der Waals surface area (Å²) in [5.41, 5.74) is 1.19. The molecule has 0 bridgehead atoms. The molecular formula is C20H28N12O. The van der Waals surface area contributed by atoms with E-state index < -0.39 is 0 Å². The van der Waals surface area contributed by atoms with Gasteiger partial charge in [0, 0.05) is 49.9 Å². The van der Waals surface area contributed by atoms with Crippen LogP contribution in [0.15, 0.2) is 18.3 Å². The number of nitrogens with one attached hydrogen (secondary N) is 4. The average molecular weight is 453 g/mol. The van der Waals surface area contributed by atoms with E-state index in [0.29, 0.717) is 25.2 Å². The van der Waals surface area contributed by atoms with Crippen LogP contribution >= 0.6 is 0 Å². The molecule has 1 aliphatic heterocycles. The number of likely N-dealkylation sites (tertiary alicyclic amines) is 1. The number of amides is 1. The maximum atomic E-state index is 11.1. The fraction of sp³-hybridized carbons (Fsp3) is 0.550. The summed E-state index contributed by atoms with van der Waals surface area (Å²) >= 11 is 0. The van der Waals surface area contributed by atoms with Crippen LogP contribution in [0.25, 0.3) is 0 Å². The molecule has 0 unspecified atom stereocenters. The SMILES string of the molecule is CC(=O)Nc1nnn(CN2CCC(NCc3nccc(Nc4cc(C5CC5)[nH]n4)n3)CC2)n1. The molecule has 4 N–H and O–H groups in total. The highest BCUT2D eigenvalue weighted by atomic mass is 16.1. The zero-order chi connectivity index (χ0) is 22.6. The molecule has 13 heteroatoms. The number of nitrogens with zero attached hydrogens (tertiary/aromatic N) is 8. The molecule has 3 aromatic rings. The first-order chi connectivity index (χ1) is 16.1. The van der Waals surface area contributed by atoms with E-state index in [2.05, 4.69) is 62.5 Å². The van der Waals surface area contributed by atoms with Crippen LogP contribution in [0.1, 0.15) is 50.0 Å². The minimum Gasteiger partial charge on any atom is -0.323 e. The lowest BCUT2D eigenvalue weighted by Gasteiger charge is -2.31. The van der Waals surface area contributed by atoms with Crippen molar-refractivity contribution < 1.29 is 4.79 Å². The first kappa shape index (κ1) is 21.4. The van der Waals surface area contributed by atoms with Gasteiger partial charge in [0.15, 0.2) is 5.82 Å². The van der Waals surface area contributed by atoms with Crippen molar-refractivity contribution in [2.75, 3.05) is 23.7 Å². The van der Waals surface area contributed by atoms with Crippen molar-refractivity contribution in [2.45, 2.75) is 57.8 Å². The minimum absolute atomic E-state index is 0.212. The molecule has 0 spiro atoms. The molecule has 2 aliphatic rings. The van der Waals surface area contributed by atoms with E-state index in [-0.39, 0.29) is 11.9 Å². The Hall–Kier alpha value is -3.45. The number of H-pyrrole nitrogens is 1. The molecular weight excluding hydrogens is 424 g/mol. The predicted octanol–water partition coefficient (Wildman–Crippen LogP) is 0.977. The van der Waals surface area contributed by atoms with E-state index >= 15 is 0 Å². The van der Waals surface area contributed by atoms with Gasteiger partial charge in [-0.3, -0.25) is 20.1 Å². The van der Waals surface area contributed by atoms with Gasteiger partial charge in [-0.25, -0.2) is 9.97 Å². The van der Waals surface area contributed by atoms with Gasteiger partial charge < -0.3 is 10.6 Å². The lowest BCUT2D eigenvalue weighted by molar-refractivity contribution is -0.114. The summed E-state index contributed by atoms with van der Waals surface area (Å²) in [7, 11) is 0. The number of hydrogen-bond donors (Lipinski definition) is 4. The molecule has 4 heterocycles. The van der Waals surface area contributed by atoms with Gasteiger partial charge in [0.05, 0.1) is 6.54 Å². The monoisotopic (exact) mass is 452 g/mol. The Kier molecular flexibility index (Phi) is 6.21. The van der Waals surface area contributed by atoms with E-state index in [9.17, 15) is 4.79 Å². The summed E-state index contributed by atoms with van der Waals surface area (Å²) < 4.78 is 0. The van der Waals surface area contributed by atoms with E-state index in [0.717, 1.165) is 43.4 Å².